The highest BCUT2D eigenvalue weighted by Crippen LogP contribution is 2.21. The fourth-order valence-electron chi connectivity index (χ4n) is 1.76. The van der Waals surface area contributed by atoms with Gasteiger partial charge < -0.3 is 10.0 Å². The van der Waals surface area contributed by atoms with Crippen LogP contribution in [-0.2, 0) is 4.79 Å². The van der Waals surface area contributed by atoms with Gasteiger partial charge in [0.05, 0.1) is 0 Å². The van der Waals surface area contributed by atoms with Crippen molar-refractivity contribution in [1.29, 1.82) is 0 Å². The highest BCUT2D eigenvalue weighted by Gasteiger charge is 2.29. The SMILES string of the molecule is Cc1cc(Br)cc(C(=O)N(CC(=O)O)C(C)(C)C)c1. The lowest BCUT2D eigenvalue weighted by Gasteiger charge is -2.34. The molecule has 0 aliphatic rings. The average molecular weight is 328 g/mol. The smallest absolute Gasteiger partial charge is 0.323 e. The summed E-state index contributed by atoms with van der Waals surface area (Å²) in [5, 5.41) is 8.95. The summed E-state index contributed by atoms with van der Waals surface area (Å²) in [6.07, 6.45) is 0. The van der Waals surface area contributed by atoms with Crippen LogP contribution < -0.4 is 0 Å². The molecule has 0 spiro atoms. The van der Waals surface area contributed by atoms with E-state index in [9.17, 15) is 9.59 Å². The van der Waals surface area contributed by atoms with E-state index in [0.717, 1.165) is 10.0 Å². The Kier molecular flexibility index (Phi) is 4.74. The highest BCUT2D eigenvalue weighted by molar-refractivity contribution is 9.10. The van der Waals surface area contributed by atoms with Crippen molar-refractivity contribution in [1.82, 2.24) is 4.90 Å². The van der Waals surface area contributed by atoms with E-state index < -0.39 is 11.5 Å². The molecule has 0 radical (unpaired) electrons. The zero-order valence-corrected chi connectivity index (χ0v) is 13.1. The van der Waals surface area contributed by atoms with Crippen LogP contribution in [0.15, 0.2) is 22.7 Å². The molecule has 4 nitrogen and oxygen atoms in total. The average Bonchev–Trinajstić information content (AvgIpc) is 2.21. The van der Waals surface area contributed by atoms with E-state index in [1.54, 1.807) is 12.1 Å². The van der Waals surface area contributed by atoms with Gasteiger partial charge in [0.2, 0.25) is 0 Å². The molecule has 0 aromatic heterocycles. The Bertz CT molecular complexity index is 486. The summed E-state index contributed by atoms with van der Waals surface area (Å²) >= 11 is 3.34. The number of benzene rings is 1. The molecule has 0 fully saturated rings. The van der Waals surface area contributed by atoms with Gasteiger partial charge in [0.15, 0.2) is 0 Å². The number of carbonyl (C=O) groups is 2. The topological polar surface area (TPSA) is 57.6 Å². The van der Waals surface area contributed by atoms with Gasteiger partial charge in [-0.15, -0.1) is 0 Å². The molecule has 1 amide bonds. The maximum absolute atomic E-state index is 12.5. The molecule has 1 N–H and O–H groups in total. The van der Waals surface area contributed by atoms with E-state index in [4.69, 9.17) is 5.11 Å². The maximum Gasteiger partial charge on any atom is 0.323 e. The van der Waals surface area contributed by atoms with Gasteiger partial charge in [-0.3, -0.25) is 9.59 Å². The van der Waals surface area contributed by atoms with Crippen molar-refractivity contribution in [2.45, 2.75) is 33.2 Å². The number of hydrogen-bond donors (Lipinski definition) is 1. The first-order valence-electron chi connectivity index (χ1n) is 5.92. The number of carboxylic acids is 1. The highest BCUT2D eigenvalue weighted by atomic mass is 79.9. The molecule has 0 aliphatic carbocycles. The van der Waals surface area contributed by atoms with Gasteiger partial charge in [-0.05, 0) is 51.5 Å². The monoisotopic (exact) mass is 327 g/mol. The Balaban J connectivity index is 3.15. The molecule has 0 atom stereocenters. The lowest BCUT2D eigenvalue weighted by molar-refractivity contribution is -0.138. The normalized spacial score (nSPS) is 11.2. The van der Waals surface area contributed by atoms with Crippen LogP contribution in [0.1, 0.15) is 36.7 Å². The molecule has 1 aromatic carbocycles. The quantitative estimate of drug-likeness (QED) is 0.928. The van der Waals surface area contributed by atoms with Gasteiger partial charge in [-0.25, -0.2) is 0 Å². The number of aliphatic carboxylic acids is 1. The first kappa shape index (κ1) is 15.7. The van der Waals surface area contributed by atoms with Gasteiger partial charge in [-0.1, -0.05) is 15.9 Å². The summed E-state index contributed by atoms with van der Waals surface area (Å²) in [5.41, 5.74) is 0.885. The van der Waals surface area contributed by atoms with Gasteiger partial charge in [0.1, 0.15) is 6.54 Å². The minimum atomic E-state index is -1.02. The second kappa shape index (κ2) is 5.74. The van der Waals surface area contributed by atoms with E-state index in [1.165, 1.54) is 4.90 Å². The van der Waals surface area contributed by atoms with Crippen molar-refractivity contribution < 1.29 is 14.7 Å². The number of carbonyl (C=O) groups excluding carboxylic acids is 1. The Morgan fingerprint density at radius 2 is 1.84 bits per heavy atom. The van der Waals surface area contributed by atoms with Crippen LogP contribution in [0.4, 0.5) is 0 Å². The van der Waals surface area contributed by atoms with Crippen molar-refractivity contribution in [3.8, 4) is 0 Å². The van der Waals surface area contributed by atoms with Crippen LogP contribution >= 0.6 is 15.9 Å². The minimum Gasteiger partial charge on any atom is -0.480 e. The van der Waals surface area contributed by atoms with Crippen LogP contribution in [0, 0.1) is 6.92 Å². The van der Waals surface area contributed by atoms with Crippen molar-refractivity contribution >= 4 is 27.8 Å². The van der Waals surface area contributed by atoms with Crippen LogP contribution in [0.25, 0.3) is 0 Å². The van der Waals surface area contributed by atoms with E-state index in [2.05, 4.69) is 15.9 Å². The van der Waals surface area contributed by atoms with E-state index in [1.807, 2.05) is 33.8 Å². The van der Waals surface area contributed by atoms with E-state index in [-0.39, 0.29) is 12.5 Å². The molecule has 0 heterocycles. The Morgan fingerprint density at radius 1 is 1.26 bits per heavy atom. The fraction of sp³-hybridized carbons (Fsp3) is 0.429. The minimum absolute atomic E-state index is 0.278. The van der Waals surface area contributed by atoms with Crippen molar-refractivity contribution in [2.75, 3.05) is 6.54 Å². The zero-order valence-electron chi connectivity index (χ0n) is 11.5. The third kappa shape index (κ3) is 4.35. The molecule has 19 heavy (non-hydrogen) atoms. The number of hydrogen-bond acceptors (Lipinski definition) is 2. The van der Waals surface area contributed by atoms with Gasteiger partial charge in [0, 0.05) is 15.6 Å². The Labute approximate surface area is 121 Å². The molecule has 104 valence electrons. The predicted molar refractivity (Wildman–Crippen MR) is 77.3 cm³/mol. The van der Waals surface area contributed by atoms with Gasteiger partial charge in [-0.2, -0.15) is 0 Å². The summed E-state index contributed by atoms with van der Waals surface area (Å²) in [6, 6.07) is 5.36. The van der Waals surface area contributed by atoms with Crippen molar-refractivity contribution in [3.05, 3.63) is 33.8 Å². The third-order valence-corrected chi connectivity index (χ3v) is 3.10. The first-order chi connectivity index (χ1) is 8.61. The molecule has 0 bridgehead atoms. The zero-order chi connectivity index (χ0) is 14.8. The Hall–Kier alpha value is -1.36. The van der Waals surface area contributed by atoms with Crippen molar-refractivity contribution in [3.63, 3.8) is 0 Å². The molecule has 5 heteroatoms. The molecular weight excluding hydrogens is 310 g/mol. The van der Waals surface area contributed by atoms with Crippen molar-refractivity contribution in [2.24, 2.45) is 0 Å². The molecule has 0 saturated carbocycles. The second-order valence-electron chi connectivity index (χ2n) is 5.47. The molecule has 0 unspecified atom stereocenters. The molecule has 1 aromatic rings. The van der Waals surface area contributed by atoms with Gasteiger partial charge in [0.25, 0.3) is 5.91 Å². The maximum atomic E-state index is 12.5. The number of rotatable bonds is 3. The van der Waals surface area contributed by atoms with Gasteiger partial charge >= 0.3 is 5.97 Å². The molecule has 0 aliphatic heterocycles. The number of carboxylic acid groups (broad SMARTS) is 1. The number of nitrogens with zero attached hydrogens (tertiary/aromatic N) is 1. The van der Waals surface area contributed by atoms with Crippen LogP contribution in [0.3, 0.4) is 0 Å². The summed E-state index contributed by atoms with van der Waals surface area (Å²) in [5.74, 6) is -1.30. The Morgan fingerprint density at radius 3 is 2.26 bits per heavy atom. The fourth-order valence-corrected chi connectivity index (χ4v) is 2.37. The summed E-state index contributed by atoms with van der Waals surface area (Å²) in [6.45, 7) is 7.03. The molecule has 0 saturated heterocycles. The summed E-state index contributed by atoms with van der Waals surface area (Å²) in [4.78, 5) is 24.8. The van der Waals surface area contributed by atoms with Crippen LogP contribution in [-0.4, -0.2) is 34.0 Å². The molecule has 1 rings (SSSR count). The lowest BCUT2D eigenvalue weighted by atomic mass is 10.0. The van der Waals surface area contributed by atoms with Crippen LogP contribution in [0.5, 0.6) is 0 Å². The summed E-state index contributed by atoms with van der Waals surface area (Å²) in [7, 11) is 0. The summed E-state index contributed by atoms with van der Waals surface area (Å²) < 4.78 is 0.806. The predicted octanol–water partition coefficient (Wildman–Crippen LogP) is 3.08. The van der Waals surface area contributed by atoms with Crippen LogP contribution in [0.2, 0.25) is 0 Å². The number of halogens is 1. The first-order valence-corrected chi connectivity index (χ1v) is 6.71. The van der Waals surface area contributed by atoms with E-state index in [0.29, 0.717) is 5.56 Å². The standard InChI is InChI=1S/C14H18BrNO3/c1-9-5-10(7-11(15)6-9)13(19)16(8-12(17)18)14(2,3)4/h5-7H,8H2,1-4H3,(H,17,18). The molecular formula is C14H18BrNO3. The lowest BCUT2D eigenvalue weighted by Crippen LogP contribution is -2.48. The third-order valence-electron chi connectivity index (χ3n) is 2.64. The second-order valence-corrected chi connectivity index (χ2v) is 6.39. The number of amides is 1. The number of aryl methyl sites for hydroxylation is 1. The van der Waals surface area contributed by atoms with E-state index >= 15 is 0 Å². The largest absolute Gasteiger partial charge is 0.480 e.